The van der Waals surface area contributed by atoms with Gasteiger partial charge in [-0.2, -0.15) is 0 Å². The van der Waals surface area contributed by atoms with Gasteiger partial charge in [0.15, 0.2) is 0 Å². The molecular weight excluding hydrogens is 360 g/mol. The van der Waals surface area contributed by atoms with Gasteiger partial charge in [-0.25, -0.2) is 0 Å². The molecule has 0 aromatic heterocycles. The Labute approximate surface area is 167 Å². The van der Waals surface area contributed by atoms with Gasteiger partial charge in [0, 0.05) is 12.8 Å². The summed E-state index contributed by atoms with van der Waals surface area (Å²) in [6, 6.07) is 0. The number of ether oxygens (including phenoxy) is 1. The van der Waals surface area contributed by atoms with Gasteiger partial charge in [-0.3, -0.25) is 4.79 Å². The third kappa shape index (κ3) is 10.6. The summed E-state index contributed by atoms with van der Waals surface area (Å²) < 4.78 is 5.61. The summed E-state index contributed by atoms with van der Waals surface area (Å²) in [6.07, 6.45) is 15.9. The molecule has 6 nitrogen and oxygen atoms in total. The molecule has 0 spiro atoms. The van der Waals surface area contributed by atoms with Gasteiger partial charge in [-0.15, -0.1) is 0 Å². The van der Waals surface area contributed by atoms with Crippen molar-refractivity contribution >= 4 is 5.97 Å². The van der Waals surface area contributed by atoms with Crippen LogP contribution in [0.3, 0.4) is 0 Å². The standard InChI is InChI=1S/C22H34O6/c1-2-20-19(25)16-21(28-20)18(24)15-14-17(23)12-10-8-6-4-3-5-7-9-11-13-22(26)27/h3-4,7-10,14-15,17-21,23-25H,2,5-6,11-13,16H2,1H3,(H,26,27)/b4-3-,9-7-,10-8-,15-14+/t17-,18-,19+,20+,21+/m0/s1. The molecule has 1 aliphatic rings. The predicted octanol–water partition coefficient (Wildman–Crippen LogP) is 2.90. The van der Waals surface area contributed by atoms with E-state index >= 15 is 0 Å². The molecule has 0 amide bonds. The van der Waals surface area contributed by atoms with E-state index in [1.165, 1.54) is 6.08 Å². The Morgan fingerprint density at radius 3 is 2.32 bits per heavy atom. The zero-order chi connectivity index (χ0) is 20.8. The SMILES string of the molecule is CC[C@H]1O[C@@H]([C@@H](O)/C=C/[C@@H](O)C/C=C\C/C=C\C/C=C\CCC(=O)O)C[C@H]1O. The summed E-state index contributed by atoms with van der Waals surface area (Å²) in [5.74, 6) is -0.785. The van der Waals surface area contributed by atoms with Gasteiger partial charge in [0.05, 0.1) is 30.5 Å². The smallest absolute Gasteiger partial charge is 0.303 e. The fourth-order valence-corrected chi connectivity index (χ4v) is 2.90. The molecule has 0 saturated carbocycles. The van der Waals surface area contributed by atoms with Crippen LogP contribution in [0.1, 0.15) is 51.9 Å². The number of rotatable bonds is 13. The molecule has 1 heterocycles. The maximum absolute atomic E-state index is 10.3. The first-order valence-electron chi connectivity index (χ1n) is 9.98. The van der Waals surface area contributed by atoms with Crippen LogP contribution < -0.4 is 0 Å². The molecule has 4 N–H and O–H groups in total. The highest BCUT2D eigenvalue weighted by Gasteiger charge is 2.35. The molecule has 1 saturated heterocycles. The molecule has 1 rings (SSSR count). The third-order valence-electron chi connectivity index (χ3n) is 4.51. The van der Waals surface area contributed by atoms with Crippen molar-refractivity contribution in [3.05, 3.63) is 48.6 Å². The Bertz CT molecular complexity index is 551. The zero-order valence-electron chi connectivity index (χ0n) is 16.6. The minimum atomic E-state index is -0.837. The fourth-order valence-electron chi connectivity index (χ4n) is 2.90. The largest absolute Gasteiger partial charge is 0.481 e. The van der Waals surface area contributed by atoms with Crippen molar-refractivity contribution in [2.75, 3.05) is 0 Å². The molecule has 0 radical (unpaired) electrons. The number of hydrogen-bond acceptors (Lipinski definition) is 5. The van der Waals surface area contributed by atoms with Crippen molar-refractivity contribution in [2.45, 2.75) is 82.4 Å². The van der Waals surface area contributed by atoms with E-state index in [-0.39, 0.29) is 12.5 Å². The van der Waals surface area contributed by atoms with E-state index in [1.807, 2.05) is 43.4 Å². The Morgan fingerprint density at radius 1 is 1.07 bits per heavy atom. The lowest BCUT2D eigenvalue weighted by Crippen LogP contribution is -2.24. The maximum Gasteiger partial charge on any atom is 0.303 e. The van der Waals surface area contributed by atoms with Crippen LogP contribution in [0.2, 0.25) is 0 Å². The Balaban J connectivity index is 2.16. The lowest BCUT2D eigenvalue weighted by molar-refractivity contribution is -0.136. The number of aliphatic hydroxyl groups is 3. The quantitative estimate of drug-likeness (QED) is 0.358. The van der Waals surface area contributed by atoms with Gasteiger partial charge in [0.1, 0.15) is 0 Å². The molecule has 0 unspecified atom stereocenters. The molecule has 158 valence electrons. The molecule has 5 atom stereocenters. The van der Waals surface area contributed by atoms with Crippen LogP contribution in [-0.4, -0.2) is 56.9 Å². The van der Waals surface area contributed by atoms with E-state index < -0.39 is 30.4 Å². The van der Waals surface area contributed by atoms with E-state index in [0.29, 0.717) is 25.7 Å². The molecule has 28 heavy (non-hydrogen) atoms. The maximum atomic E-state index is 10.3. The van der Waals surface area contributed by atoms with Crippen molar-refractivity contribution < 1.29 is 30.0 Å². The number of allylic oxidation sites excluding steroid dienone is 5. The highest BCUT2D eigenvalue weighted by Crippen LogP contribution is 2.25. The van der Waals surface area contributed by atoms with Gasteiger partial charge < -0.3 is 25.2 Å². The van der Waals surface area contributed by atoms with E-state index in [4.69, 9.17) is 9.84 Å². The Morgan fingerprint density at radius 2 is 1.71 bits per heavy atom. The number of carbonyl (C=O) groups is 1. The molecular formula is C22H34O6. The molecule has 0 aliphatic carbocycles. The zero-order valence-corrected chi connectivity index (χ0v) is 16.6. The second-order valence-corrected chi connectivity index (χ2v) is 6.92. The summed E-state index contributed by atoms with van der Waals surface area (Å²) in [4.78, 5) is 10.3. The lowest BCUT2D eigenvalue weighted by atomic mass is 10.1. The van der Waals surface area contributed by atoms with Crippen LogP contribution in [0.4, 0.5) is 0 Å². The van der Waals surface area contributed by atoms with Crippen molar-refractivity contribution in [2.24, 2.45) is 0 Å². The van der Waals surface area contributed by atoms with Crippen LogP contribution in [-0.2, 0) is 9.53 Å². The average molecular weight is 395 g/mol. The molecule has 1 fully saturated rings. The first-order chi connectivity index (χ1) is 13.4. The highest BCUT2D eigenvalue weighted by molar-refractivity contribution is 5.66. The molecule has 1 aliphatic heterocycles. The van der Waals surface area contributed by atoms with E-state index in [9.17, 15) is 20.1 Å². The van der Waals surface area contributed by atoms with Gasteiger partial charge in [0.25, 0.3) is 0 Å². The van der Waals surface area contributed by atoms with Crippen LogP contribution in [0, 0.1) is 0 Å². The van der Waals surface area contributed by atoms with Gasteiger partial charge in [-0.1, -0.05) is 55.5 Å². The summed E-state index contributed by atoms with van der Waals surface area (Å²) in [5.41, 5.74) is 0. The average Bonchev–Trinajstić information content (AvgIpc) is 3.04. The number of carboxylic acid groups (broad SMARTS) is 1. The third-order valence-corrected chi connectivity index (χ3v) is 4.51. The van der Waals surface area contributed by atoms with Gasteiger partial charge in [0.2, 0.25) is 0 Å². The highest BCUT2D eigenvalue weighted by atomic mass is 16.5. The number of hydrogen-bond donors (Lipinski definition) is 4. The second kappa shape index (κ2) is 14.3. The topological polar surface area (TPSA) is 107 Å². The molecule has 6 heteroatoms. The Kier molecular flexibility index (Phi) is 12.4. The molecule has 0 aromatic rings. The van der Waals surface area contributed by atoms with Crippen LogP contribution in [0.25, 0.3) is 0 Å². The summed E-state index contributed by atoms with van der Waals surface area (Å²) in [7, 11) is 0. The second-order valence-electron chi connectivity index (χ2n) is 6.92. The predicted molar refractivity (Wildman–Crippen MR) is 109 cm³/mol. The monoisotopic (exact) mass is 394 g/mol. The molecule has 0 aromatic carbocycles. The normalized spacial score (nSPS) is 25.5. The fraction of sp³-hybridized carbons (Fsp3) is 0.591. The van der Waals surface area contributed by atoms with E-state index in [2.05, 4.69) is 0 Å². The van der Waals surface area contributed by atoms with E-state index in [1.54, 1.807) is 6.08 Å². The van der Waals surface area contributed by atoms with Crippen LogP contribution >= 0.6 is 0 Å². The molecule has 0 bridgehead atoms. The van der Waals surface area contributed by atoms with Crippen molar-refractivity contribution in [3.63, 3.8) is 0 Å². The lowest BCUT2D eigenvalue weighted by Gasteiger charge is -2.16. The van der Waals surface area contributed by atoms with Crippen molar-refractivity contribution in [1.29, 1.82) is 0 Å². The first kappa shape index (κ1) is 24.3. The minimum absolute atomic E-state index is 0.158. The van der Waals surface area contributed by atoms with Crippen LogP contribution in [0.5, 0.6) is 0 Å². The van der Waals surface area contributed by atoms with Crippen molar-refractivity contribution in [3.8, 4) is 0 Å². The summed E-state index contributed by atoms with van der Waals surface area (Å²) in [5, 5.41) is 38.4. The van der Waals surface area contributed by atoms with Crippen molar-refractivity contribution in [1.82, 2.24) is 0 Å². The van der Waals surface area contributed by atoms with E-state index in [0.717, 1.165) is 12.8 Å². The van der Waals surface area contributed by atoms with Gasteiger partial charge in [-0.05, 0) is 32.1 Å². The number of carboxylic acids is 1. The van der Waals surface area contributed by atoms with Crippen LogP contribution in [0.15, 0.2) is 48.6 Å². The Hall–Kier alpha value is -1.73. The number of aliphatic hydroxyl groups excluding tert-OH is 3. The summed E-state index contributed by atoms with van der Waals surface area (Å²) in [6.45, 7) is 1.93. The minimum Gasteiger partial charge on any atom is -0.481 e. The number of aliphatic carboxylic acids is 1. The van der Waals surface area contributed by atoms with Gasteiger partial charge >= 0.3 is 5.97 Å². The summed E-state index contributed by atoms with van der Waals surface area (Å²) >= 11 is 0. The first-order valence-corrected chi connectivity index (χ1v) is 9.98.